The molecule has 0 spiro atoms. The van der Waals surface area contributed by atoms with Crippen molar-refractivity contribution in [3.05, 3.63) is 158 Å². The zero-order valence-electron chi connectivity index (χ0n) is 24.9. The van der Waals surface area contributed by atoms with Gasteiger partial charge in [0.1, 0.15) is 11.5 Å². The molecule has 8 aromatic rings. The maximum Gasteiger partial charge on any atom is 0.289 e. The lowest BCUT2D eigenvalue weighted by Crippen LogP contribution is -2.46. The van der Waals surface area contributed by atoms with Crippen LogP contribution in [0.1, 0.15) is 0 Å². The van der Waals surface area contributed by atoms with Crippen LogP contribution in [0.3, 0.4) is 0 Å². The first-order valence-electron chi connectivity index (χ1n) is 15.7. The van der Waals surface area contributed by atoms with Crippen LogP contribution in [0.5, 0.6) is 11.5 Å². The number of hydrogen-bond acceptors (Lipinski definition) is 2. The zero-order chi connectivity index (χ0) is 30.2. The third kappa shape index (κ3) is 3.80. The SMILES string of the molecule is c1ccc(-c2ccc3c(c2)SB2c4ccccc4Oc4cc(-c5ccccc5-n5c6ccccc6c6ccccc65)cc-3c42)cc1. The summed E-state index contributed by atoms with van der Waals surface area (Å²) >= 11 is 1.94. The van der Waals surface area contributed by atoms with Crippen molar-refractivity contribution in [1.82, 2.24) is 4.57 Å². The molecule has 4 heteroatoms. The Morgan fingerprint density at radius 2 is 1.17 bits per heavy atom. The van der Waals surface area contributed by atoms with E-state index in [0.717, 1.165) is 22.7 Å². The Kier molecular flexibility index (Phi) is 5.64. The maximum atomic E-state index is 6.75. The Morgan fingerprint density at radius 3 is 2.00 bits per heavy atom. The molecular weight excluding hydrogens is 577 g/mol. The molecular formula is C42H26BNOS. The molecule has 46 heavy (non-hydrogen) atoms. The van der Waals surface area contributed by atoms with Gasteiger partial charge in [-0.2, -0.15) is 11.6 Å². The van der Waals surface area contributed by atoms with E-state index in [9.17, 15) is 0 Å². The van der Waals surface area contributed by atoms with Crippen LogP contribution in [0.15, 0.2) is 163 Å². The number of fused-ring (bicyclic) bond motifs is 7. The minimum absolute atomic E-state index is 0.162. The summed E-state index contributed by atoms with van der Waals surface area (Å²) < 4.78 is 9.16. The molecule has 214 valence electrons. The van der Waals surface area contributed by atoms with E-state index in [2.05, 4.69) is 162 Å². The van der Waals surface area contributed by atoms with Gasteiger partial charge in [0.25, 0.3) is 5.99 Å². The van der Waals surface area contributed by atoms with Crippen molar-refractivity contribution < 1.29 is 4.74 Å². The molecule has 1 aromatic heterocycles. The third-order valence-corrected chi connectivity index (χ3v) is 10.8. The Hall–Kier alpha value is -5.45. The maximum absolute atomic E-state index is 6.75. The lowest BCUT2D eigenvalue weighted by Gasteiger charge is -2.33. The predicted molar refractivity (Wildman–Crippen MR) is 194 cm³/mol. The van der Waals surface area contributed by atoms with Gasteiger partial charge < -0.3 is 9.30 Å². The van der Waals surface area contributed by atoms with E-state index in [-0.39, 0.29) is 5.99 Å². The van der Waals surface area contributed by atoms with Gasteiger partial charge in [-0.25, -0.2) is 0 Å². The molecule has 0 saturated carbocycles. The van der Waals surface area contributed by atoms with Crippen molar-refractivity contribution in [2.75, 3.05) is 0 Å². The first kappa shape index (κ1) is 25.8. The highest BCUT2D eigenvalue weighted by Gasteiger charge is 2.38. The minimum Gasteiger partial charge on any atom is -0.458 e. The summed E-state index contributed by atoms with van der Waals surface area (Å²) in [5.41, 5.74) is 13.4. The van der Waals surface area contributed by atoms with Crippen molar-refractivity contribution in [3.63, 3.8) is 0 Å². The highest BCUT2D eigenvalue weighted by atomic mass is 32.2. The van der Waals surface area contributed by atoms with Gasteiger partial charge in [0, 0.05) is 21.2 Å². The smallest absolute Gasteiger partial charge is 0.289 e. The number of para-hydroxylation sites is 4. The van der Waals surface area contributed by atoms with E-state index >= 15 is 0 Å². The zero-order valence-corrected chi connectivity index (χ0v) is 25.7. The Balaban J connectivity index is 1.22. The minimum atomic E-state index is 0.162. The summed E-state index contributed by atoms with van der Waals surface area (Å²) in [5, 5.41) is 2.52. The molecule has 2 aliphatic heterocycles. The van der Waals surface area contributed by atoms with E-state index < -0.39 is 0 Å². The number of nitrogens with zero attached hydrogens (tertiary/aromatic N) is 1. The molecule has 2 nitrogen and oxygen atoms in total. The summed E-state index contributed by atoms with van der Waals surface area (Å²) in [6.07, 6.45) is 0. The summed E-state index contributed by atoms with van der Waals surface area (Å²) in [5.74, 6) is 2.04. The summed E-state index contributed by atoms with van der Waals surface area (Å²) in [7, 11) is 0. The second-order valence-corrected chi connectivity index (χ2v) is 13.2. The van der Waals surface area contributed by atoms with Gasteiger partial charge in [-0.15, -0.1) is 0 Å². The van der Waals surface area contributed by atoms with E-state index in [1.165, 1.54) is 65.4 Å². The fourth-order valence-electron chi connectivity index (χ4n) is 7.42. The quantitative estimate of drug-likeness (QED) is 0.187. The van der Waals surface area contributed by atoms with Crippen LogP contribution < -0.4 is 15.7 Å². The third-order valence-electron chi connectivity index (χ3n) is 9.49. The Labute approximate surface area is 271 Å². The molecule has 0 unspecified atom stereocenters. The predicted octanol–water partition coefficient (Wildman–Crippen LogP) is 10.1. The van der Waals surface area contributed by atoms with Gasteiger partial charge in [-0.3, -0.25) is 0 Å². The monoisotopic (exact) mass is 603 g/mol. The highest BCUT2D eigenvalue weighted by Crippen LogP contribution is 2.46. The number of benzene rings is 7. The van der Waals surface area contributed by atoms with Gasteiger partial charge in [0.15, 0.2) is 0 Å². The van der Waals surface area contributed by atoms with Gasteiger partial charge in [0.05, 0.1) is 16.7 Å². The molecule has 0 atom stereocenters. The highest BCUT2D eigenvalue weighted by molar-refractivity contribution is 8.28. The van der Waals surface area contributed by atoms with E-state index in [0.29, 0.717) is 0 Å². The number of hydrogen-bond donors (Lipinski definition) is 0. The molecule has 10 rings (SSSR count). The molecule has 0 aliphatic carbocycles. The first-order chi connectivity index (χ1) is 22.8. The van der Waals surface area contributed by atoms with Crippen molar-refractivity contribution in [3.8, 4) is 50.6 Å². The van der Waals surface area contributed by atoms with Gasteiger partial charge >= 0.3 is 0 Å². The van der Waals surface area contributed by atoms with Crippen LogP contribution in [-0.4, -0.2) is 10.6 Å². The van der Waals surface area contributed by atoms with Crippen LogP contribution in [-0.2, 0) is 0 Å². The Morgan fingerprint density at radius 1 is 0.478 bits per heavy atom. The standard InChI is InChI=1S/C42H26BNOS/c1-2-12-27(13-3-1)28-22-23-33-34-24-29(25-40-42(34)43(46-41(33)26-28)35-17-7-11-21-39(35)45-40)30-14-4-8-18-36(30)44-37-19-9-5-15-31(37)32-16-6-10-20-38(32)44/h1-26H. The topological polar surface area (TPSA) is 14.2 Å². The normalized spacial score (nSPS) is 12.8. The van der Waals surface area contributed by atoms with Crippen LogP contribution in [0.2, 0.25) is 0 Å². The number of aromatic nitrogens is 1. The van der Waals surface area contributed by atoms with Gasteiger partial charge in [-0.1, -0.05) is 115 Å². The van der Waals surface area contributed by atoms with Crippen LogP contribution >= 0.6 is 11.6 Å². The van der Waals surface area contributed by atoms with E-state index in [1.807, 2.05) is 11.6 Å². The fourth-order valence-corrected chi connectivity index (χ4v) is 8.86. The van der Waals surface area contributed by atoms with Crippen molar-refractivity contribution >= 4 is 50.3 Å². The van der Waals surface area contributed by atoms with Crippen LogP contribution in [0, 0.1) is 0 Å². The fraction of sp³-hybridized carbons (Fsp3) is 0. The van der Waals surface area contributed by atoms with Crippen molar-refractivity contribution in [2.24, 2.45) is 0 Å². The molecule has 0 radical (unpaired) electrons. The summed E-state index contributed by atoms with van der Waals surface area (Å²) in [6, 6.07) is 57.0. The second-order valence-electron chi connectivity index (χ2n) is 12.0. The molecule has 2 aliphatic rings. The largest absolute Gasteiger partial charge is 0.458 e. The van der Waals surface area contributed by atoms with Gasteiger partial charge in [-0.05, 0) is 81.2 Å². The second kappa shape index (κ2) is 10.0. The van der Waals surface area contributed by atoms with Gasteiger partial charge in [0.2, 0.25) is 0 Å². The lowest BCUT2D eigenvalue weighted by molar-refractivity contribution is 0.488. The number of rotatable bonds is 3. The van der Waals surface area contributed by atoms with Crippen molar-refractivity contribution in [1.29, 1.82) is 0 Å². The van der Waals surface area contributed by atoms with Crippen molar-refractivity contribution in [2.45, 2.75) is 4.90 Å². The van der Waals surface area contributed by atoms with E-state index in [1.54, 1.807) is 0 Å². The average molecular weight is 604 g/mol. The Bertz CT molecular complexity index is 2450. The van der Waals surface area contributed by atoms with Crippen LogP contribution in [0.4, 0.5) is 0 Å². The lowest BCUT2D eigenvalue weighted by atomic mass is 9.57. The summed E-state index contributed by atoms with van der Waals surface area (Å²) in [6.45, 7) is 0. The molecule has 0 bridgehead atoms. The molecule has 0 N–H and O–H groups in total. The number of ether oxygens (including phenoxy) is 1. The van der Waals surface area contributed by atoms with E-state index in [4.69, 9.17) is 4.74 Å². The summed E-state index contributed by atoms with van der Waals surface area (Å²) in [4.78, 5) is 1.30. The molecule has 0 fully saturated rings. The average Bonchev–Trinajstić information content (AvgIpc) is 3.46. The molecule has 7 aromatic carbocycles. The molecule has 3 heterocycles. The first-order valence-corrected chi connectivity index (χ1v) is 16.6. The van der Waals surface area contributed by atoms with Crippen LogP contribution in [0.25, 0.3) is 60.9 Å². The molecule has 0 amide bonds. The molecule has 0 saturated heterocycles.